The van der Waals surface area contributed by atoms with E-state index in [4.69, 9.17) is 5.73 Å². The summed E-state index contributed by atoms with van der Waals surface area (Å²) in [6.07, 6.45) is 5.37. The van der Waals surface area contributed by atoms with Crippen LogP contribution in [0.5, 0.6) is 0 Å². The lowest BCUT2D eigenvalue weighted by Gasteiger charge is -1.99. The second-order valence-corrected chi connectivity index (χ2v) is 3.35. The molecule has 3 heteroatoms. The van der Waals surface area contributed by atoms with E-state index >= 15 is 0 Å². The van der Waals surface area contributed by atoms with Crippen LogP contribution < -0.4 is 5.73 Å². The molecule has 0 aliphatic heterocycles. The first-order valence-electron chi connectivity index (χ1n) is 4.78. The number of aromatic nitrogens is 2. The number of rotatable bonds is 2. The molecule has 3 nitrogen and oxygen atoms in total. The van der Waals surface area contributed by atoms with Gasteiger partial charge >= 0.3 is 0 Å². The average molecular weight is 189 g/mol. The van der Waals surface area contributed by atoms with E-state index in [0.717, 1.165) is 18.4 Å². The zero-order valence-electron chi connectivity index (χ0n) is 8.62. The Morgan fingerprint density at radius 3 is 2.64 bits per heavy atom. The number of nitrogen functional groups attached to an aromatic ring is 1. The first kappa shape index (κ1) is 10.5. The molecule has 1 aromatic heterocycles. The van der Waals surface area contributed by atoms with Crippen molar-refractivity contribution < 1.29 is 0 Å². The fourth-order valence-corrected chi connectivity index (χ4v) is 0.874. The Morgan fingerprint density at radius 1 is 1.43 bits per heavy atom. The summed E-state index contributed by atoms with van der Waals surface area (Å²) in [6.45, 7) is 4.35. The Hall–Kier alpha value is -1.56. The van der Waals surface area contributed by atoms with Crippen LogP contribution in [0.25, 0.3) is 0 Å². The van der Waals surface area contributed by atoms with Crippen LogP contribution in [0.3, 0.4) is 0 Å². The summed E-state index contributed by atoms with van der Waals surface area (Å²) in [5.41, 5.74) is 6.18. The topological polar surface area (TPSA) is 51.8 Å². The van der Waals surface area contributed by atoms with Gasteiger partial charge in [0.05, 0.1) is 5.56 Å². The first-order chi connectivity index (χ1) is 6.72. The van der Waals surface area contributed by atoms with Crippen LogP contribution in [0.4, 0.5) is 5.95 Å². The molecular weight excluding hydrogens is 174 g/mol. The largest absolute Gasteiger partial charge is 0.368 e. The fraction of sp³-hybridized carbons (Fsp3) is 0.455. The van der Waals surface area contributed by atoms with Gasteiger partial charge in [-0.05, 0) is 5.92 Å². The Balaban J connectivity index is 2.55. The van der Waals surface area contributed by atoms with E-state index in [1.54, 1.807) is 12.4 Å². The summed E-state index contributed by atoms with van der Waals surface area (Å²) in [5, 5.41) is 0. The second-order valence-electron chi connectivity index (χ2n) is 3.35. The standard InChI is InChI=1S/C11H15N3/c1-3-9(2)5-4-6-10-7-13-11(12)14-8-10/h7-9H,3,5H2,1-2H3,(H2,12,13,14). The average Bonchev–Trinajstić information content (AvgIpc) is 2.21. The number of hydrogen-bond donors (Lipinski definition) is 1. The summed E-state index contributed by atoms with van der Waals surface area (Å²) in [5.74, 6) is 7.05. The molecule has 1 unspecified atom stereocenters. The van der Waals surface area contributed by atoms with Gasteiger partial charge in [0.1, 0.15) is 0 Å². The monoisotopic (exact) mass is 189 g/mol. The predicted molar refractivity (Wildman–Crippen MR) is 57.4 cm³/mol. The van der Waals surface area contributed by atoms with Gasteiger partial charge in [0, 0.05) is 18.8 Å². The van der Waals surface area contributed by atoms with Gasteiger partial charge in [-0.25, -0.2) is 9.97 Å². The minimum Gasteiger partial charge on any atom is -0.368 e. The van der Waals surface area contributed by atoms with Gasteiger partial charge in [-0.1, -0.05) is 32.1 Å². The maximum atomic E-state index is 5.35. The third-order valence-corrected chi connectivity index (χ3v) is 2.05. The highest BCUT2D eigenvalue weighted by atomic mass is 15.0. The molecule has 1 rings (SSSR count). The fourth-order valence-electron chi connectivity index (χ4n) is 0.874. The van der Waals surface area contributed by atoms with Crippen molar-refractivity contribution in [1.29, 1.82) is 0 Å². The van der Waals surface area contributed by atoms with Crippen molar-refractivity contribution in [2.75, 3.05) is 5.73 Å². The van der Waals surface area contributed by atoms with Crippen molar-refractivity contribution in [3.63, 3.8) is 0 Å². The normalized spacial score (nSPS) is 11.6. The van der Waals surface area contributed by atoms with Gasteiger partial charge in [0.2, 0.25) is 5.95 Å². The molecule has 1 heterocycles. The van der Waals surface area contributed by atoms with Crippen LogP contribution in [-0.4, -0.2) is 9.97 Å². The van der Waals surface area contributed by atoms with E-state index in [-0.39, 0.29) is 5.95 Å². The van der Waals surface area contributed by atoms with E-state index in [9.17, 15) is 0 Å². The number of hydrogen-bond acceptors (Lipinski definition) is 3. The summed E-state index contributed by atoms with van der Waals surface area (Å²) in [4.78, 5) is 7.72. The molecule has 1 aromatic rings. The van der Waals surface area contributed by atoms with Gasteiger partial charge in [0.25, 0.3) is 0 Å². The van der Waals surface area contributed by atoms with Crippen LogP contribution in [0.15, 0.2) is 12.4 Å². The van der Waals surface area contributed by atoms with Crippen LogP contribution in [0.1, 0.15) is 32.3 Å². The lowest BCUT2D eigenvalue weighted by molar-refractivity contribution is 0.581. The molecule has 0 saturated carbocycles. The molecule has 2 N–H and O–H groups in total. The summed E-state index contributed by atoms with van der Waals surface area (Å²) >= 11 is 0. The highest BCUT2D eigenvalue weighted by Crippen LogP contribution is 2.04. The van der Waals surface area contributed by atoms with Gasteiger partial charge in [-0.3, -0.25) is 0 Å². The Bertz CT molecular complexity index is 332. The van der Waals surface area contributed by atoms with E-state index in [0.29, 0.717) is 5.92 Å². The Kier molecular flexibility index (Phi) is 3.93. The summed E-state index contributed by atoms with van der Waals surface area (Å²) < 4.78 is 0. The summed E-state index contributed by atoms with van der Waals surface area (Å²) in [7, 11) is 0. The minimum absolute atomic E-state index is 0.289. The van der Waals surface area contributed by atoms with Gasteiger partial charge in [-0.2, -0.15) is 0 Å². The molecule has 0 aliphatic carbocycles. The van der Waals surface area contributed by atoms with Crippen LogP contribution in [0, 0.1) is 17.8 Å². The SMILES string of the molecule is CCC(C)CC#Cc1cnc(N)nc1. The predicted octanol–water partition coefficient (Wildman–Crippen LogP) is 1.85. The maximum Gasteiger partial charge on any atom is 0.219 e. The number of nitrogens with zero attached hydrogens (tertiary/aromatic N) is 2. The van der Waals surface area contributed by atoms with Gasteiger partial charge < -0.3 is 5.73 Å². The smallest absolute Gasteiger partial charge is 0.219 e. The van der Waals surface area contributed by atoms with E-state index in [1.807, 2.05) is 0 Å². The highest BCUT2D eigenvalue weighted by molar-refractivity contribution is 5.31. The molecule has 0 aromatic carbocycles. The van der Waals surface area contributed by atoms with Crippen LogP contribution in [0.2, 0.25) is 0 Å². The molecule has 1 atom stereocenters. The molecule has 14 heavy (non-hydrogen) atoms. The second kappa shape index (κ2) is 5.23. The van der Waals surface area contributed by atoms with Crippen LogP contribution >= 0.6 is 0 Å². The quantitative estimate of drug-likeness (QED) is 0.722. The molecule has 0 aliphatic rings. The lowest BCUT2D eigenvalue weighted by Crippen LogP contribution is -1.93. The minimum atomic E-state index is 0.289. The molecule has 74 valence electrons. The van der Waals surface area contributed by atoms with Crippen molar-refractivity contribution in [2.45, 2.75) is 26.7 Å². The Labute approximate surface area is 84.8 Å². The van der Waals surface area contributed by atoms with Crippen molar-refractivity contribution in [3.05, 3.63) is 18.0 Å². The van der Waals surface area contributed by atoms with E-state index < -0.39 is 0 Å². The molecule has 0 amide bonds. The van der Waals surface area contributed by atoms with Gasteiger partial charge in [-0.15, -0.1) is 0 Å². The number of anilines is 1. The number of nitrogens with two attached hydrogens (primary N) is 1. The highest BCUT2D eigenvalue weighted by Gasteiger charge is 1.93. The zero-order chi connectivity index (χ0) is 10.4. The maximum absolute atomic E-state index is 5.35. The van der Waals surface area contributed by atoms with Crippen LogP contribution in [-0.2, 0) is 0 Å². The Morgan fingerprint density at radius 2 is 2.07 bits per heavy atom. The van der Waals surface area contributed by atoms with Crippen molar-refractivity contribution >= 4 is 5.95 Å². The molecule has 0 spiro atoms. The lowest BCUT2D eigenvalue weighted by atomic mass is 10.1. The van der Waals surface area contributed by atoms with Crippen molar-refractivity contribution in [1.82, 2.24) is 9.97 Å². The first-order valence-corrected chi connectivity index (χ1v) is 4.78. The molecule has 0 saturated heterocycles. The molecule has 0 bridgehead atoms. The van der Waals surface area contributed by atoms with Gasteiger partial charge in [0.15, 0.2) is 0 Å². The third-order valence-electron chi connectivity index (χ3n) is 2.05. The summed E-state index contributed by atoms with van der Waals surface area (Å²) in [6, 6.07) is 0. The van der Waals surface area contributed by atoms with E-state index in [2.05, 4.69) is 35.7 Å². The van der Waals surface area contributed by atoms with Crippen molar-refractivity contribution in [3.8, 4) is 11.8 Å². The molecule has 0 radical (unpaired) electrons. The molecule has 0 fully saturated rings. The third kappa shape index (κ3) is 3.44. The van der Waals surface area contributed by atoms with Crippen molar-refractivity contribution in [2.24, 2.45) is 5.92 Å². The molecular formula is C11H15N3. The van der Waals surface area contributed by atoms with E-state index in [1.165, 1.54) is 0 Å². The zero-order valence-corrected chi connectivity index (χ0v) is 8.62.